The Bertz CT molecular complexity index is 953. The van der Waals surface area contributed by atoms with Crippen LogP contribution in [-0.4, -0.2) is 29.2 Å². The van der Waals surface area contributed by atoms with Gasteiger partial charge in [0.25, 0.3) is 0 Å². The van der Waals surface area contributed by atoms with Gasteiger partial charge >= 0.3 is 0 Å². The van der Waals surface area contributed by atoms with Gasteiger partial charge in [-0.1, -0.05) is 12.1 Å². The van der Waals surface area contributed by atoms with E-state index in [4.69, 9.17) is 4.74 Å². The summed E-state index contributed by atoms with van der Waals surface area (Å²) in [5.41, 5.74) is 6.32. The molecule has 2 aromatic heterocycles. The molecule has 1 aromatic carbocycles. The molecule has 1 N–H and O–H groups in total. The smallest absolute Gasteiger partial charge is 0.240 e. The minimum atomic E-state index is -0.162. The lowest BCUT2D eigenvalue weighted by atomic mass is 10.1. The molecule has 0 fully saturated rings. The number of amides is 1. The van der Waals surface area contributed by atoms with Gasteiger partial charge in [0.1, 0.15) is 0 Å². The SMILES string of the molecule is COc1cccc(CCC(=O)N/N=C\c2cc(C)c3ncccc3c2)n1. The molecule has 3 aromatic rings. The number of hydrogen-bond donors (Lipinski definition) is 1. The molecule has 26 heavy (non-hydrogen) atoms. The van der Waals surface area contributed by atoms with Crippen LogP contribution in [0.15, 0.2) is 53.8 Å². The Hall–Kier alpha value is -3.28. The summed E-state index contributed by atoms with van der Waals surface area (Å²) in [6, 6.07) is 13.4. The third-order valence-corrected chi connectivity index (χ3v) is 3.92. The Labute approximate surface area is 151 Å². The van der Waals surface area contributed by atoms with Crippen LogP contribution in [0.25, 0.3) is 10.9 Å². The fraction of sp³-hybridized carbons (Fsp3) is 0.200. The standard InChI is InChI=1S/C20H20N4O2/c1-14-11-15(12-16-5-4-10-21-20(14)16)13-22-24-18(25)9-8-17-6-3-7-19(23-17)26-2/h3-7,10-13H,8-9H2,1-2H3,(H,24,25)/b22-13-. The summed E-state index contributed by atoms with van der Waals surface area (Å²) >= 11 is 0. The van der Waals surface area contributed by atoms with E-state index in [1.54, 1.807) is 25.6 Å². The number of hydrogen-bond acceptors (Lipinski definition) is 5. The van der Waals surface area contributed by atoms with Crippen LogP contribution in [0.4, 0.5) is 0 Å². The number of aryl methyl sites for hydroxylation is 2. The number of rotatable bonds is 6. The lowest BCUT2D eigenvalue weighted by molar-refractivity contribution is -0.121. The van der Waals surface area contributed by atoms with Crippen molar-refractivity contribution in [3.8, 4) is 5.88 Å². The van der Waals surface area contributed by atoms with E-state index in [2.05, 4.69) is 20.5 Å². The van der Waals surface area contributed by atoms with Crippen LogP contribution in [0.3, 0.4) is 0 Å². The number of nitrogens with one attached hydrogen (secondary N) is 1. The normalized spacial score (nSPS) is 11.0. The van der Waals surface area contributed by atoms with Gasteiger partial charge in [0.2, 0.25) is 11.8 Å². The third-order valence-electron chi connectivity index (χ3n) is 3.92. The summed E-state index contributed by atoms with van der Waals surface area (Å²) in [5.74, 6) is 0.382. The second kappa shape index (κ2) is 8.20. The van der Waals surface area contributed by atoms with Gasteiger partial charge in [0, 0.05) is 29.8 Å². The highest BCUT2D eigenvalue weighted by Gasteiger charge is 2.04. The maximum atomic E-state index is 11.9. The zero-order valence-electron chi connectivity index (χ0n) is 14.8. The first-order valence-corrected chi connectivity index (χ1v) is 8.33. The molecular formula is C20H20N4O2. The number of hydrazone groups is 1. The molecule has 0 aliphatic heterocycles. The summed E-state index contributed by atoms with van der Waals surface area (Å²) in [6.45, 7) is 2.01. The first-order valence-electron chi connectivity index (χ1n) is 8.33. The van der Waals surface area contributed by atoms with Gasteiger partial charge in [-0.05, 0) is 48.7 Å². The van der Waals surface area contributed by atoms with E-state index in [0.717, 1.165) is 27.7 Å². The molecule has 1 amide bonds. The minimum absolute atomic E-state index is 0.162. The number of fused-ring (bicyclic) bond motifs is 1. The van der Waals surface area contributed by atoms with Crippen LogP contribution < -0.4 is 10.2 Å². The van der Waals surface area contributed by atoms with E-state index in [9.17, 15) is 4.79 Å². The number of ether oxygens (including phenoxy) is 1. The number of carbonyl (C=O) groups excluding carboxylic acids is 1. The molecule has 0 saturated carbocycles. The second-order valence-electron chi connectivity index (χ2n) is 5.88. The largest absolute Gasteiger partial charge is 0.481 e. The molecule has 0 atom stereocenters. The molecule has 0 bridgehead atoms. The van der Waals surface area contributed by atoms with Crippen molar-refractivity contribution in [1.29, 1.82) is 0 Å². The highest BCUT2D eigenvalue weighted by molar-refractivity contribution is 5.91. The van der Waals surface area contributed by atoms with E-state index in [1.165, 1.54) is 0 Å². The molecule has 0 radical (unpaired) electrons. The lowest BCUT2D eigenvalue weighted by Crippen LogP contribution is -2.18. The molecule has 3 rings (SSSR count). The number of aromatic nitrogens is 2. The summed E-state index contributed by atoms with van der Waals surface area (Å²) in [5, 5.41) is 5.09. The Morgan fingerprint density at radius 2 is 2.15 bits per heavy atom. The van der Waals surface area contributed by atoms with Crippen LogP contribution in [0.1, 0.15) is 23.2 Å². The second-order valence-corrected chi connectivity index (χ2v) is 5.88. The first kappa shape index (κ1) is 17.5. The van der Waals surface area contributed by atoms with E-state index in [0.29, 0.717) is 18.7 Å². The summed E-state index contributed by atoms with van der Waals surface area (Å²) in [6.07, 6.45) is 4.25. The summed E-state index contributed by atoms with van der Waals surface area (Å²) < 4.78 is 5.08. The van der Waals surface area contributed by atoms with Crippen molar-refractivity contribution in [1.82, 2.24) is 15.4 Å². The van der Waals surface area contributed by atoms with Gasteiger partial charge in [-0.2, -0.15) is 5.10 Å². The average Bonchev–Trinajstić information content (AvgIpc) is 2.66. The molecule has 2 heterocycles. The number of methoxy groups -OCH3 is 1. The van der Waals surface area contributed by atoms with Crippen molar-refractivity contribution in [2.75, 3.05) is 7.11 Å². The molecule has 132 valence electrons. The Kier molecular flexibility index (Phi) is 5.53. The fourth-order valence-electron chi connectivity index (χ4n) is 2.66. The molecule has 0 spiro atoms. The number of pyridine rings is 2. The quantitative estimate of drug-likeness (QED) is 0.549. The van der Waals surface area contributed by atoms with Crippen LogP contribution in [0.5, 0.6) is 5.88 Å². The van der Waals surface area contributed by atoms with Gasteiger partial charge in [-0.25, -0.2) is 10.4 Å². The van der Waals surface area contributed by atoms with Gasteiger partial charge in [0.15, 0.2) is 0 Å². The van der Waals surface area contributed by atoms with Crippen molar-refractivity contribution < 1.29 is 9.53 Å². The van der Waals surface area contributed by atoms with Crippen molar-refractivity contribution in [3.63, 3.8) is 0 Å². The predicted octanol–water partition coefficient (Wildman–Crippen LogP) is 3.03. The molecule has 0 aliphatic carbocycles. The summed E-state index contributed by atoms with van der Waals surface area (Å²) in [4.78, 5) is 20.6. The van der Waals surface area contributed by atoms with Gasteiger partial charge in [0.05, 0.1) is 18.8 Å². The molecular weight excluding hydrogens is 328 g/mol. The van der Waals surface area contributed by atoms with Crippen molar-refractivity contribution in [2.24, 2.45) is 5.10 Å². The Morgan fingerprint density at radius 3 is 3.00 bits per heavy atom. The molecule has 0 saturated heterocycles. The molecule has 6 heteroatoms. The zero-order valence-corrected chi connectivity index (χ0v) is 14.8. The summed E-state index contributed by atoms with van der Waals surface area (Å²) in [7, 11) is 1.57. The van der Waals surface area contributed by atoms with Crippen LogP contribution >= 0.6 is 0 Å². The monoisotopic (exact) mass is 348 g/mol. The van der Waals surface area contributed by atoms with Crippen molar-refractivity contribution >= 4 is 23.0 Å². The lowest BCUT2D eigenvalue weighted by Gasteiger charge is -2.04. The number of carbonyl (C=O) groups is 1. The zero-order chi connectivity index (χ0) is 18.4. The van der Waals surface area contributed by atoms with Gasteiger partial charge in [-0.15, -0.1) is 0 Å². The van der Waals surface area contributed by atoms with E-state index in [1.807, 2.05) is 43.3 Å². The predicted molar refractivity (Wildman–Crippen MR) is 101 cm³/mol. The maximum Gasteiger partial charge on any atom is 0.240 e. The number of benzene rings is 1. The average molecular weight is 348 g/mol. The van der Waals surface area contributed by atoms with Crippen molar-refractivity contribution in [3.05, 3.63) is 65.5 Å². The van der Waals surface area contributed by atoms with Crippen LogP contribution in [-0.2, 0) is 11.2 Å². The Balaban J connectivity index is 1.57. The van der Waals surface area contributed by atoms with Gasteiger partial charge < -0.3 is 4.74 Å². The Morgan fingerprint density at radius 1 is 1.27 bits per heavy atom. The first-order chi connectivity index (χ1) is 12.7. The number of nitrogens with zero attached hydrogens (tertiary/aromatic N) is 3. The van der Waals surface area contributed by atoms with E-state index in [-0.39, 0.29) is 5.91 Å². The highest BCUT2D eigenvalue weighted by atomic mass is 16.5. The molecule has 0 unspecified atom stereocenters. The topological polar surface area (TPSA) is 76.5 Å². The fourth-order valence-corrected chi connectivity index (χ4v) is 2.66. The molecule has 0 aliphatic rings. The van der Waals surface area contributed by atoms with E-state index < -0.39 is 0 Å². The molecule has 6 nitrogen and oxygen atoms in total. The van der Waals surface area contributed by atoms with Crippen LogP contribution in [0, 0.1) is 6.92 Å². The van der Waals surface area contributed by atoms with Gasteiger partial charge in [-0.3, -0.25) is 9.78 Å². The minimum Gasteiger partial charge on any atom is -0.481 e. The van der Waals surface area contributed by atoms with Crippen molar-refractivity contribution in [2.45, 2.75) is 19.8 Å². The highest BCUT2D eigenvalue weighted by Crippen LogP contribution is 2.17. The third kappa shape index (κ3) is 4.42. The van der Waals surface area contributed by atoms with Crippen LogP contribution in [0.2, 0.25) is 0 Å². The van der Waals surface area contributed by atoms with E-state index >= 15 is 0 Å². The maximum absolute atomic E-state index is 11.9.